The largest absolute Gasteiger partial charge is 1.00 e. The van der Waals surface area contributed by atoms with Crippen molar-refractivity contribution in [3.63, 3.8) is 0 Å². The van der Waals surface area contributed by atoms with Gasteiger partial charge in [0, 0.05) is 0 Å². The molecule has 0 saturated carbocycles. The van der Waals surface area contributed by atoms with Gasteiger partial charge in [0.2, 0.25) is 0 Å². The van der Waals surface area contributed by atoms with Crippen LogP contribution in [0.3, 0.4) is 0 Å². The summed E-state index contributed by atoms with van der Waals surface area (Å²) in [4.78, 5) is 0. The van der Waals surface area contributed by atoms with Crippen molar-refractivity contribution in [1.29, 1.82) is 0 Å². The van der Waals surface area contributed by atoms with Gasteiger partial charge in [-0.2, -0.15) is 0 Å². The van der Waals surface area contributed by atoms with Crippen LogP contribution in [0.25, 0.3) is 0 Å². The van der Waals surface area contributed by atoms with Gasteiger partial charge in [0.15, 0.2) is 0 Å². The standard InChI is InChI=1S/ClO.Na.5H2O/c1-2;;;;;;/h;;5*1H2/q-1;+1;;;;;. The van der Waals surface area contributed by atoms with Crippen molar-refractivity contribution >= 4 is 11.9 Å². The van der Waals surface area contributed by atoms with Crippen molar-refractivity contribution in [1.82, 2.24) is 0 Å². The van der Waals surface area contributed by atoms with Gasteiger partial charge in [-0.05, 0) is 0 Å². The Bertz CT molecular complexity index is 8.49. The minimum absolute atomic E-state index is 0. The first-order valence-corrected chi connectivity index (χ1v) is 0.463. The summed E-state index contributed by atoms with van der Waals surface area (Å²) in [5.74, 6) is 0. The molecule has 0 aliphatic rings. The Morgan fingerprint density at radius 3 is 0.625 bits per heavy atom. The van der Waals surface area contributed by atoms with Crippen molar-refractivity contribution in [3.8, 4) is 0 Å². The molecule has 0 amide bonds. The number of halogens is 1. The van der Waals surface area contributed by atoms with Crippen LogP contribution in [0.5, 0.6) is 0 Å². The molecule has 0 fully saturated rings. The molecule has 0 heterocycles. The van der Waals surface area contributed by atoms with E-state index < -0.39 is 0 Å². The summed E-state index contributed by atoms with van der Waals surface area (Å²) in [6, 6.07) is 0. The SMILES string of the molecule is O.O.O.O.O.[Na+].[O-]Cl. The molecule has 0 aromatic carbocycles. The van der Waals surface area contributed by atoms with Crippen LogP contribution >= 0.6 is 11.9 Å². The molecule has 0 saturated heterocycles. The Morgan fingerprint density at radius 1 is 0.625 bits per heavy atom. The topological polar surface area (TPSA) is 181 Å². The van der Waals surface area contributed by atoms with Gasteiger partial charge in [0.05, 0.1) is 0 Å². The van der Waals surface area contributed by atoms with Crippen LogP contribution in [0.15, 0.2) is 0 Å². The first-order valence-electron chi connectivity index (χ1n) is 0.154. The molecule has 0 aliphatic heterocycles. The fourth-order valence-electron chi connectivity index (χ4n) is 0. The van der Waals surface area contributed by atoms with Crippen LogP contribution < -0.4 is 34.2 Å². The van der Waals surface area contributed by atoms with Gasteiger partial charge in [0.1, 0.15) is 0 Å². The first-order chi connectivity index (χ1) is 1.00. The predicted molar refractivity (Wildman–Crippen MR) is 23.9 cm³/mol. The van der Waals surface area contributed by atoms with E-state index in [1.54, 1.807) is 0 Å². The normalized spacial score (nSPS) is 0.750. The fourth-order valence-corrected chi connectivity index (χ4v) is 0. The Balaban J connectivity index is -0.000000000333. The van der Waals surface area contributed by atoms with Crippen molar-refractivity contribution < 1.29 is 61.6 Å². The van der Waals surface area contributed by atoms with Crippen LogP contribution in [-0.2, 0) is 0 Å². The summed E-state index contributed by atoms with van der Waals surface area (Å²) in [6.07, 6.45) is 0. The first kappa shape index (κ1) is 140. The minimum Gasteiger partial charge on any atom is -0.769 e. The van der Waals surface area contributed by atoms with Crippen LogP contribution in [0.1, 0.15) is 0 Å². The zero-order chi connectivity index (χ0) is 2.00. The van der Waals surface area contributed by atoms with Gasteiger partial charge >= 0.3 is 29.6 Å². The third-order valence-electron chi connectivity index (χ3n) is 0. The van der Waals surface area contributed by atoms with E-state index >= 15 is 0 Å². The quantitative estimate of drug-likeness (QED) is 0.317. The maximum atomic E-state index is 7.72. The average molecular weight is 165 g/mol. The molecule has 0 atom stereocenters. The maximum absolute atomic E-state index is 7.72. The minimum atomic E-state index is 0. The molecule has 0 aromatic heterocycles. The molecule has 0 aliphatic carbocycles. The van der Waals surface area contributed by atoms with Crippen molar-refractivity contribution in [3.05, 3.63) is 0 Å². The summed E-state index contributed by atoms with van der Waals surface area (Å²) in [5, 5.41) is 0. The van der Waals surface area contributed by atoms with E-state index in [9.17, 15) is 0 Å². The van der Waals surface area contributed by atoms with Gasteiger partial charge in [0.25, 0.3) is 0 Å². The van der Waals surface area contributed by atoms with Crippen LogP contribution in [-0.4, -0.2) is 27.4 Å². The third kappa shape index (κ3) is 234. The zero-order valence-electron chi connectivity index (χ0n) is 4.29. The monoisotopic (exact) mass is 164 g/mol. The second kappa shape index (κ2) is 363. The summed E-state index contributed by atoms with van der Waals surface area (Å²) >= 11 is 3.39. The Morgan fingerprint density at radius 2 is 0.625 bits per heavy atom. The molecule has 0 rings (SSSR count). The van der Waals surface area contributed by atoms with E-state index in [1.807, 2.05) is 0 Å². The van der Waals surface area contributed by atoms with Gasteiger partial charge in [-0.25, -0.2) is 11.9 Å². The fraction of sp³-hybridized carbons (Fsp3) is 0. The van der Waals surface area contributed by atoms with Gasteiger partial charge in [-0.1, -0.05) is 0 Å². The molecule has 0 radical (unpaired) electrons. The van der Waals surface area contributed by atoms with Crippen molar-refractivity contribution in [2.45, 2.75) is 0 Å². The van der Waals surface area contributed by atoms with E-state index in [4.69, 9.17) is 4.66 Å². The molecule has 0 unspecified atom stereocenters. The maximum Gasteiger partial charge on any atom is 1.00 e. The Hall–Kier alpha value is 1.05. The predicted octanol–water partition coefficient (Wildman–Crippen LogP) is -7.62. The molecule has 6 nitrogen and oxygen atoms in total. The van der Waals surface area contributed by atoms with E-state index in [2.05, 4.69) is 11.9 Å². The van der Waals surface area contributed by atoms with Gasteiger partial charge < -0.3 is 32.0 Å². The molecule has 0 bridgehead atoms. The van der Waals surface area contributed by atoms with Crippen molar-refractivity contribution in [2.75, 3.05) is 0 Å². The molecule has 10 N–H and O–H groups in total. The summed E-state index contributed by atoms with van der Waals surface area (Å²) < 4.78 is 7.72. The molecule has 8 heavy (non-hydrogen) atoms. The van der Waals surface area contributed by atoms with Gasteiger partial charge in [-0.3, -0.25) is 0 Å². The van der Waals surface area contributed by atoms with Crippen LogP contribution in [0, 0.1) is 0 Å². The molecule has 0 aromatic rings. The second-order valence-corrected chi connectivity index (χ2v) is 0. The molecular formula is H10ClNaO6. The second-order valence-electron chi connectivity index (χ2n) is 0. The Labute approximate surface area is 73.5 Å². The molecule has 54 valence electrons. The van der Waals surface area contributed by atoms with Crippen LogP contribution in [0.4, 0.5) is 0 Å². The summed E-state index contributed by atoms with van der Waals surface area (Å²) in [7, 11) is 0. The van der Waals surface area contributed by atoms with Gasteiger partial charge in [-0.15, -0.1) is 0 Å². The van der Waals surface area contributed by atoms with E-state index in [-0.39, 0.29) is 56.9 Å². The van der Waals surface area contributed by atoms with E-state index in [0.29, 0.717) is 0 Å². The zero-order valence-corrected chi connectivity index (χ0v) is 7.04. The van der Waals surface area contributed by atoms with Crippen molar-refractivity contribution in [2.24, 2.45) is 0 Å². The van der Waals surface area contributed by atoms with Crippen LogP contribution in [0.2, 0.25) is 0 Å². The summed E-state index contributed by atoms with van der Waals surface area (Å²) in [5.41, 5.74) is 0. The number of rotatable bonds is 0. The Kier molecular flexibility index (Phi) is 6330. The summed E-state index contributed by atoms with van der Waals surface area (Å²) in [6.45, 7) is 0. The molecular weight excluding hydrogens is 154 g/mol. The number of hydrogen-bond acceptors (Lipinski definition) is 1. The van der Waals surface area contributed by atoms with E-state index in [1.165, 1.54) is 0 Å². The van der Waals surface area contributed by atoms with E-state index in [0.717, 1.165) is 0 Å². The smallest absolute Gasteiger partial charge is 0.769 e. The molecule has 0 spiro atoms. The number of hydrogen-bond donors (Lipinski definition) is 0. The molecule has 8 heteroatoms. The third-order valence-corrected chi connectivity index (χ3v) is 0. The average Bonchev–Trinajstić information content (AvgIpc) is 1.00.